The summed E-state index contributed by atoms with van der Waals surface area (Å²) in [5.41, 5.74) is 0. The Morgan fingerprint density at radius 1 is 0.557 bits per heavy atom. The molecule has 0 rings (SSSR count). The largest absolute Gasteiger partial charge is 0.472 e. The number of ether oxygens (including phenoxy) is 1. The molecule has 9 nitrogen and oxygen atoms in total. The second-order valence-corrected chi connectivity index (χ2v) is 20.5. The van der Waals surface area contributed by atoms with Crippen molar-refractivity contribution >= 4 is 19.7 Å². The zero-order valence-corrected chi connectivity index (χ0v) is 42.1. The van der Waals surface area contributed by atoms with Crippen molar-refractivity contribution in [3.05, 3.63) is 12.2 Å². The molecule has 0 aromatic rings. The number of likely N-dealkylation sites (N-methyl/N-ethyl adjacent to an activating group) is 1. The fraction of sp³-hybridized carbons (Fsp3) is 0.922. The maximum Gasteiger partial charge on any atom is 0.472 e. The van der Waals surface area contributed by atoms with Crippen molar-refractivity contribution in [1.82, 2.24) is 5.32 Å². The molecule has 0 bridgehead atoms. The zero-order valence-electron chi connectivity index (χ0n) is 41.2. The number of carbonyl (C=O) groups excluding carboxylic acids is 2. The standard InChI is InChI=1S/C51H101N2O7P/c1-7-10-13-16-19-22-25-26-29-32-35-38-41-44-51(55)60-49(42-39-36-33-30-27-23-20-17-14-11-8-2)48(47-59-61(56,57)58-46-45-53(4,5)6)52-50(54)43-40-37-34-31-28-24-21-18-15-12-9-3/h39,42,48-49H,7-38,40-41,43-47H2,1-6H3,(H-,52,54,56,57)/p+1/b42-39+. The highest BCUT2D eigenvalue weighted by molar-refractivity contribution is 7.47. The van der Waals surface area contributed by atoms with Crippen molar-refractivity contribution in [2.75, 3.05) is 40.9 Å². The first-order valence-electron chi connectivity index (χ1n) is 26.0. The van der Waals surface area contributed by atoms with E-state index in [2.05, 4.69) is 26.1 Å². The van der Waals surface area contributed by atoms with Crippen LogP contribution in [0.25, 0.3) is 0 Å². The first-order chi connectivity index (χ1) is 29.4. The summed E-state index contributed by atoms with van der Waals surface area (Å²) < 4.78 is 30.5. The smallest absolute Gasteiger partial charge is 0.456 e. The number of quaternary nitrogens is 1. The summed E-state index contributed by atoms with van der Waals surface area (Å²) in [7, 11) is 1.51. The van der Waals surface area contributed by atoms with Gasteiger partial charge in [0.25, 0.3) is 0 Å². The molecule has 0 fully saturated rings. The van der Waals surface area contributed by atoms with Crippen LogP contribution in [0.3, 0.4) is 0 Å². The van der Waals surface area contributed by atoms with E-state index >= 15 is 0 Å². The van der Waals surface area contributed by atoms with Gasteiger partial charge in [0.05, 0.1) is 33.8 Å². The number of allylic oxidation sites excluding steroid dienone is 1. The normalized spacial score (nSPS) is 14.0. The van der Waals surface area contributed by atoms with Crippen molar-refractivity contribution in [3.63, 3.8) is 0 Å². The number of phosphoric ester groups is 1. The van der Waals surface area contributed by atoms with Crippen LogP contribution in [0.1, 0.15) is 252 Å². The topological polar surface area (TPSA) is 111 Å². The van der Waals surface area contributed by atoms with Gasteiger partial charge in [0.15, 0.2) is 0 Å². The molecular formula is C51H102N2O7P+. The molecule has 61 heavy (non-hydrogen) atoms. The van der Waals surface area contributed by atoms with Crippen LogP contribution in [0.4, 0.5) is 0 Å². The molecule has 0 saturated carbocycles. The zero-order chi connectivity index (χ0) is 45.1. The van der Waals surface area contributed by atoms with E-state index in [0.717, 1.165) is 57.8 Å². The highest BCUT2D eigenvalue weighted by atomic mass is 31.2. The number of rotatable bonds is 47. The number of hydrogen-bond donors (Lipinski definition) is 2. The van der Waals surface area contributed by atoms with E-state index in [0.29, 0.717) is 23.9 Å². The minimum atomic E-state index is -4.42. The van der Waals surface area contributed by atoms with Gasteiger partial charge >= 0.3 is 13.8 Å². The molecule has 0 aromatic carbocycles. The Bertz CT molecular complexity index is 1070. The number of esters is 1. The van der Waals surface area contributed by atoms with Gasteiger partial charge in [-0.05, 0) is 31.8 Å². The number of nitrogens with zero attached hydrogens (tertiary/aromatic N) is 1. The molecule has 0 radical (unpaired) electrons. The fourth-order valence-corrected chi connectivity index (χ4v) is 8.38. The SMILES string of the molecule is CCCCCCCCCCC/C=C/C(OC(=O)CCCCCCCCCCCCCCC)C(COP(=O)(O)OCC[N+](C)(C)C)NC(=O)CCCCCCCCCCCCC. The molecule has 0 aliphatic heterocycles. The molecule has 0 saturated heterocycles. The van der Waals surface area contributed by atoms with E-state index in [1.165, 1.54) is 161 Å². The Hall–Kier alpha value is -1.25. The maximum absolute atomic E-state index is 13.4. The molecule has 3 unspecified atom stereocenters. The summed E-state index contributed by atoms with van der Waals surface area (Å²) in [6.07, 6.45) is 44.8. The quantitative estimate of drug-likeness (QED) is 0.0206. The third kappa shape index (κ3) is 43.8. The second kappa shape index (κ2) is 42.7. The molecule has 362 valence electrons. The van der Waals surface area contributed by atoms with Crippen LogP contribution in [0.5, 0.6) is 0 Å². The van der Waals surface area contributed by atoms with Crippen LogP contribution in [0.15, 0.2) is 12.2 Å². The predicted octanol–water partition coefficient (Wildman–Crippen LogP) is 14.9. The molecule has 10 heteroatoms. The molecule has 1 amide bonds. The highest BCUT2D eigenvalue weighted by Crippen LogP contribution is 2.43. The average molecular weight is 886 g/mol. The number of carbonyl (C=O) groups is 2. The Labute approximate surface area is 378 Å². The summed E-state index contributed by atoms with van der Waals surface area (Å²) in [6, 6.07) is -0.836. The molecule has 0 spiro atoms. The van der Waals surface area contributed by atoms with Gasteiger partial charge < -0.3 is 19.4 Å². The third-order valence-corrected chi connectivity index (χ3v) is 12.7. The summed E-state index contributed by atoms with van der Waals surface area (Å²) in [6.45, 7) is 7.00. The van der Waals surface area contributed by atoms with Gasteiger partial charge in [-0.1, -0.05) is 219 Å². The average Bonchev–Trinajstić information content (AvgIpc) is 3.21. The van der Waals surface area contributed by atoms with E-state index in [9.17, 15) is 19.0 Å². The van der Waals surface area contributed by atoms with E-state index in [1.807, 2.05) is 33.3 Å². The third-order valence-electron chi connectivity index (χ3n) is 11.7. The maximum atomic E-state index is 13.4. The number of amides is 1. The minimum absolute atomic E-state index is 0.0450. The van der Waals surface area contributed by atoms with Crippen LogP contribution in [0, 0.1) is 0 Å². The van der Waals surface area contributed by atoms with Gasteiger partial charge in [-0.2, -0.15) is 0 Å². The highest BCUT2D eigenvalue weighted by Gasteiger charge is 2.30. The Balaban J connectivity index is 5.39. The Morgan fingerprint density at radius 3 is 1.34 bits per heavy atom. The molecule has 3 atom stereocenters. The van der Waals surface area contributed by atoms with Crippen LogP contribution >= 0.6 is 7.82 Å². The lowest BCUT2D eigenvalue weighted by atomic mass is 10.0. The van der Waals surface area contributed by atoms with Crippen LogP contribution in [0.2, 0.25) is 0 Å². The molecule has 0 heterocycles. The molecular weight excluding hydrogens is 784 g/mol. The fourth-order valence-electron chi connectivity index (χ4n) is 7.65. The van der Waals surface area contributed by atoms with Crippen molar-refractivity contribution < 1.29 is 37.3 Å². The van der Waals surface area contributed by atoms with Crippen molar-refractivity contribution in [2.45, 2.75) is 264 Å². The lowest BCUT2D eigenvalue weighted by molar-refractivity contribution is -0.870. The first-order valence-corrected chi connectivity index (χ1v) is 27.5. The summed E-state index contributed by atoms with van der Waals surface area (Å²) in [4.78, 5) is 37.3. The first kappa shape index (κ1) is 59.8. The van der Waals surface area contributed by atoms with E-state index in [-0.39, 0.29) is 25.1 Å². The van der Waals surface area contributed by atoms with Crippen molar-refractivity contribution in [2.24, 2.45) is 0 Å². The van der Waals surface area contributed by atoms with Gasteiger partial charge in [0.1, 0.15) is 19.3 Å². The number of nitrogens with one attached hydrogen (secondary N) is 1. The monoisotopic (exact) mass is 886 g/mol. The molecule has 2 N–H and O–H groups in total. The van der Waals surface area contributed by atoms with E-state index in [1.54, 1.807) is 0 Å². The number of phosphoric acid groups is 1. The van der Waals surface area contributed by atoms with Gasteiger partial charge in [-0.3, -0.25) is 18.6 Å². The summed E-state index contributed by atoms with van der Waals surface area (Å²) in [5.74, 6) is -0.495. The van der Waals surface area contributed by atoms with Crippen molar-refractivity contribution in [3.8, 4) is 0 Å². The van der Waals surface area contributed by atoms with Gasteiger partial charge in [-0.15, -0.1) is 0 Å². The summed E-state index contributed by atoms with van der Waals surface area (Å²) in [5, 5.41) is 3.03. The van der Waals surface area contributed by atoms with E-state index in [4.69, 9.17) is 13.8 Å². The van der Waals surface area contributed by atoms with Crippen LogP contribution in [-0.4, -0.2) is 74.3 Å². The van der Waals surface area contributed by atoms with Gasteiger partial charge in [0.2, 0.25) is 5.91 Å². The Morgan fingerprint density at radius 2 is 0.934 bits per heavy atom. The van der Waals surface area contributed by atoms with Crippen molar-refractivity contribution in [1.29, 1.82) is 0 Å². The second-order valence-electron chi connectivity index (χ2n) is 19.1. The van der Waals surface area contributed by atoms with Gasteiger partial charge in [0, 0.05) is 12.8 Å². The predicted molar refractivity (Wildman–Crippen MR) is 259 cm³/mol. The van der Waals surface area contributed by atoms with Gasteiger partial charge in [-0.25, -0.2) is 4.57 Å². The molecule has 0 aromatic heterocycles. The van der Waals surface area contributed by atoms with E-state index < -0.39 is 20.0 Å². The Kier molecular flexibility index (Phi) is 41.8. The lowest BCUT2D eigenvalue weighted by Gasteiger charge is -2.27. The molecule has 0 aliphatic rings. The number of unbranched alkanes of at least 4 members (excludes halogenated alkanes) is 31. The number of hydrogen-bond acceptors (Lipinski definition) is 6. The van der Waals surface area contributed by atoms with Crippen LogP contribution in [-0.2, 0) is 27.9 Å². The summed E-state index contributed by atoms with van der Waals surface area (Å²) >= 11 is 0. The minimum Gasteiger partial charge on any atom is -0.456 e. The molecule has 0 aliphatic carbocycles. The lowest BCUT2D eigenvalue weighted by Crippen LogP contribution is -2.47. The van der Waals surface area contributed by atoms with Crippen LogP contribution < -0.4 is 5.32 Å².